The Labute approximate surface area is 97.4 Å². The lowest BCUT2D eigenvalue weighted by Gasteiger charge is -2.21. The van der Waals surface area contributed by atoms with E-state index in [0.29, 0.717) is 0 Å². The Balaban J connectivity index is 1.77. The van der Waals surface area contributed by atoms with Crippen molar-refractivity contribution in [2.75, 3.05) is 18.8 Å². The largest absolute Gasteiger partial charge is 0.396 e. The third-order valence-electron chi connectivity index (χ3n) is 3.13. The Hall–Kier alpha value is -1.03. The molecule has 1 aliphatic rings. The standard InChI is InChI=1S/C12H22N4/c1-2-3-6-15(12-4-5-12)7-8-16-10-11(13)9-14-16/h9-10,12H,2-8,13H2,1H3. The van der Waals surface area contributed by atoms with E-state index < -0.39 is 0 Å². The maximum Gasteiger partial charge on any atom is 0.0719 e. The zero-order valence-electron chi connectivity index (χ0n) is 10.1. The van der Waals surface area contributed by atoms with Crippen LogP contribution in [0.25, 0.3) is 0 Å². The van der Waals surface area contributed by atoms with Crippen molar-refractivity contribution in [2.45, 2.75) is 45.2 Å². The van der Waals surface area contributed by atoms with Crippen molar-refractivity contribution in [2.24, 2.45) is 0 Å². The van der Waals surface area contributed by atoms with Crippen molar-refractivity contribution in [1.82, 2.24) is 14.7 Å². The van der Waals surface area contributed by atoms with Gasteiger partial charge in [-0.05, 0) is 25.8 Å². The van der Waals surface area contributed by atoms with E-state index in [0.717, 1.165) is 24.8 Å². The molecule has 2 N–H and O–H groups in total. The van der Waals surface area contributed by atoms with Crippen LogP contribution in [0.3, 0.4) is 0 Å². The first-order valence-corrected chi connectivity index (χ1v) is 6.31. The number of unbranched alkanes of at least 4 members (excludes halogenated alkanes) is 1. The Bertz CT molecular complexity index is 317. The molecule has 0 aliphatic heterocycles. The normalized spacial score (nSPS) is 15.9. The molecule has 1 saturated carbocycles. The number of nitrogen functional groups attached to an aromatic ring is 1. The van der Waals surface area contributed by atoms with Crippen LogP contribution in [0.1, 0.15) is 32.6 Å². The molecule has 1 aromatic heterocycles. The molecule has 4 nitrogen and oxygen atoms in total. The summed E-state index contributed by atoms with van der Waals surface area (Å²) >= 11 is 0. The highest BCUT2D eigenvalue weighted by atomic mass is 15.3. The molecule has 0 spiro atoms. The van der Waals surface area contributed by atoms with E-state index >= 15 is 0 Å². The van der Waals surface area contributed by atoms with E-state index in [2.05, 4.69) is 16.9 Å². The number of nitrogens with two attached hydrogens (primary N) is 1. The zero-order valence-corrected chi connectivity index (χ0v) is 10.1. The Morgan fingerprint density at radius 1 is 1.50 bits per heavy atom. The van der Waals surface area contributed by atoms with Crippen LogP contribution in [-0.2, 0) is 6.54 Å². The SMILES string of the molecule is CCCCN(CCn1cc(N)cn1)C1CC1. The minimum absolute atomic E-state index is 0.756. The van der Waals surface area contributed by atoms with Gasteiger partial charge < -0.3 is 5.73 Å². The molecule has 1 fully saturated rings. The van der Waals surface area contributed by atoms with Crippen LogP contribution < -0.4 is 5.73 Å². The van der Waals surface area contributed by atoms with Crippen molar-refractivity contribution in [3.8, 4) is 0 Å². The van der Waals surface area contributed by atoms with E-state index in [9.17, 15) is 0 Å². The zero-order chi connectivity index (χ0) is 11.4. The molecule has 0 atom stereocenters. The van der Waals surface area contributed by atoms with E-state index in [1.807, 2.05) is 10.9 Å². The third kappa shape index (κ3) is 3.23. The second kappa shape index (κ2) is 5.34. The second-order valence-electron chi connectivity index (χ2n) is 4.66. The number of hydrogen-bond acceptors (Lipinski definition) is 3. The highest BCUT2D eigenvalue weighted by molar-refractivity contribution is 5.30. The smallest absolute Gasteiger partial charge is 0.0719 e. The molecule has 0 amide bonds. The molecule has 0 saturated heterocycles. The summed E-state index contributed by atoms with van der Waals surface area (Å²) in [6.07, 6.45) is 8.96. The van der Waals surface area contributed by atoms with Crippen molar-refractivity contribution in [1.29, 1.82) is 0 Å². The van der Waals surface area contributed by atoms with Gasteiger partial charge in [-0.1, -0.05) is 13.3 Å². The van der Waals surface area contributed by atoms with Gasteiger partial charge in [0.15, 0.2) is 0 Å². The van der Waals surface area contributed by atoms with Crippen LogP contribution in [0.15, 0.2) is 12.4 Å². The minimum atomic E-state index is 0.756. The quantitative estimate of drug-likeness (QED) is 0.764. The number of aromatic nitrogens is 2. The van der Waals surface area contributed by atoms with Gasteiger partial charge in [0.1, 0.15) is 0 Å². The summed E-state index contributed by atoms with van der Waals surface area (Å²) in [5.41, 5.74) is 6.40. The van der Waals surface area contributed by atoms with Crippen LogP contribution in [-0.4, -0.2) is 33.8 Å². The summed E-state index contributed by atoms with van der Waals surface area (Å²) in [4.78, 5) is 2.60. The molecule has 0 unspecified atom stereocenters. The molecule has 2 rings (SSSR count). The van der Waals surface area contributed by atoms with Gasteiger partial charge in [-0.3, -0.25) is 9.58 Å². The molecule has 0 bridgehead atoms. The van der Waals surface area contributed by atoms with Crippen molar-refractivity contribution in [3.05, 3.63) is 12.4 Å². The summed E-state index contributed by atoms with van der Waals surface area (Å²) in [5, 5.41) is 4.21. The van der Waals surface area contributed by atoms with Crippen LogP contribution in [0, 0.1) is 0 Å². The molecule has 1 heterocycles. The number of rotatable bonds is 7. The van der Waals surface area contributed by atoms with Gasteiger partial charge in [-0.25, -0.2) is 0 Å². The van der Waals surface area contributed by atoms with Gasteiger partial charge in [0.2, 0.25) is 0 Å². The Morgan fingerprint density at radius 3 is 2.88 bits per heavy atom. The summed E-state index contributed by atoms with van der Waals surface area (Å²) in [6, 6.07) is 0.847. The molecule has 1 aliphatic carbocycles. The maximum absolute atomic E-state index is 5.64. The first-order valence-electron chi connectivity index (χ1n) is 6.31. The molecule has 0 aromatic carbocycles. The van der Waals surface area contributed by atoms with E-state index in [1.165, 1.54) is 32.2 Å². The Kier molecular flexibility index (Phi) is 3.83. The molecule has 1 aromatic rings. The number of nitrogens with zero attached hydrogens (tertiary/aromatic N) is 3. The summed E-state index contributed by atoms with van der Waals surface area (Å²) in [6.45, 7) is 5.54. The highest BCUT2D eigenvalue weighted by Crippen LogP contribution is 2.26. The molecular formula is C12H22N4. The molecule has 0 radical (unpaired) electrons. The Morgan fingerprint density at radius 2 is 2.31 bits per heavy atom. The first kappa shape index (κ1) is 11.5. The third-order valence-corrected chi connectivity index (χ3v) is 3.13. The van der Waals surface area contributed by atoms with Crippen molar-refractivity contribution < 1.29 is 0 Å². The van der Waals surface area contributed by atoms with E-state index in [-0.39, 0.29) is 0 Å². The molecule has 90 valence electrons. The van der Waals surface area contributed by atoms with Crippen molar-refractivity contribution >= 4 is 5.69 Å². The lowest BCUT2D eigenvalue weighted by atomic mass is 10.3. The van der Waals surface area contributed by atoms with Gasteiger partial charge in [0, 0.05) is 18.8 Å². The predicted octanol–water partition coefficient (Wildman–Crippen LogP) is 1.73. The van der Waals surface area contributed by atoms with Crippen LogP contribution in [0.5, 0.6) is 0 Å². The minimum Gasteiger partial charge on any atom is -0.396 e. The van der Waals surface area contributed by atoms with Gasteiger partial charge in [0.25, 0.3) is 0 Å². The van der Waals surface area contributed by atoms with E-state index in [1.54, 1.807) is 6.20 Å². The maximum atomic E-state index is 5.64. The monoisotopic (exact) mass is 222 g/mol. The van der Waals surface area contributed by atoms with Gasteiger partial charge in [-0.2, -0.15) is 5.10 Å². The second-order valence-corrected chi connectivity index (χ2v) is 4.66. The summed E-state index contributed by atoms with van der Waals surface area (Å²) in [7, 11) is 0. The average molecular weight is 222 g/mol. The lowest BCUT2D eigenvalue weighted by molar-refractivity contribution is 0.245. The van der Waals surface area contributed by atoms with Crippen LogP contribution in [0.4, 0.5) is 5.69 Å². The van der Waals surface area contributed by atoms with E-state index in [4.69, 9.17) is 5.73 Å². The summed E-state index contributed by atoms with van der Waals surface area (Å²) in [5.74, 6) is 0. The average Bonchev–Trinajstić information content (AvgIpc) is 3.03. The highest BCUT2D eigenvalue weighted by Gasteiger charge is 2.27. The lowest BCUT2D eigenvalue weighted by Crippen LogP contribution is -2.30. The predicted molar refractivity (Wildman–Crippen MR) is 66.1 cm³/mol. The van der Waals surface area contributed by atoms with Crippen LogP contribution in [0.2, 0.25) is 0 Å². The number of anilines is 1. The van der Waals surface area contributed by atoms with Gasteiger partial charge in [0.05, 0.1) is 18.4 Å². The number of hydrogen-bond donors (Lipinski definition) is 1. The van der Waals surface area contributed by atoms with Crippen LogP contribution >= 0.6 is 0 Å². The van der Waals surface area contributed by atoms with Gasteiger partial charge >= 0.3 is 0 Å². The fourth-order valence-corrected chi connectivity index (χ4v) is 2.01. The summed E-state index contributed by atoms with van der Waals surface area (Å²) < 4.78 is 1.94. The molecule has 4 heteroatoms. The van der Waals surface area contributed by atoms with Crippen molar-refractivity contribution in [3.63, 3.8) is 0 Å². The van der Waals surface area contributed by atoms with Gasteiger partial charge in [-0.15, -0.1) is 0 Å². The fraction of sp³-hybridized carbons (Fsp3) is 0.750. The molecule has 16 heavy (non-hydrogen) atoms. The first-order chi connectivity index (χ1) is 7.79. The fourth-order valence-electron chi connectivity index (χ4n) is 2.01. The molecular weight excluding hydrogens is 200 g/mol. The topological polar surface area (TPSA) is 47.1 Å².